The molecular formula is C24H21F2N5OS. The van der Waals surface area contributed by atoms with Gasteiger partial charge in [0.25, 0.3) is 0 Å². The van der Waals surface area contributed by atoms with Gasteiger partial charge in [0.1, 0.15) is 28.6 Å². The number of hydrogen-bond donors (Lipinski definition) is 1. The molecule has 1 aromatic carbocycles. The molecule has 1 fully saturated rings. The number of nitrogens with two attached hydrogens (primary N) is 1. The van der Waals surface area contributed by atoms with Crippen molar-refractivity contribution >= 4 is 34.7 Å². The molecule has 0 amide bonds. The fraction of sp³-hybridized carbons (Fsp3) is 0.333. The number of ether oxygens (including phenoxy) is 1. The van der Waals surface area contributed by atoms with Crippen molar-refractivity contribution in [2.45, 2.75) is 36.7 Å². The molecule has 1 aliphatic carbocycles. The molecule has 1 saturated carbocycles. The summed E-state index contributed by atoms with van der Waals surface area (Å²) in [6.45, 7) is 4.41. The lowest BCUT2D eigenvalue weighted by atomic mass is 9.84. The smallest absolute Gasteiger partial charge is 0.201 e. The Balaban J connectivity index is 1.50. The van der Waals surface area contributed by atoms with Gasteiger partial charge in [-0.1, -0.05) is 17.8 Å². The average Bonchev–Trinajstić information content (AvgIpc) is 3.39. The van der Waals surface area contributed by atoms with E-state index in [0.717, 1.165) is 0 Å². The number of aromatic nitrogens is 1. The number of fused-ring (bicyclic) bond motifs is 1. The average molecular weight is 466 g/mol. The van der Waals surface area contributed by atoms with E-state index in [0.29, 0.717) is 40.7 Å². The Bertz CT molecular complexity index is 1270. The van der Waals surface area contributed by atoms with E-state index >= 15 is 4.39 Å². The molecule has 9 heteroatoms. The third-order valence-electron chi connectivity index (χ3n) is 6.35. The van der Waals surface area contributed by atoms with Gasteiger partial charge in [-0.05, 0) is 56.2 Å². The SMILES string of the molecule is C[C@@H]1CN=C([C@]23C[C@H]2[C@@](C)(c2cc(/C=C(\F)c4ccc(C#N)cn4)ccc2F)N=C(N)S3)O1. The van der Waals surface area contributed by atoms with Crippen LogP contribution in [0.1, 0.15) is 42.7 Å². The zero-order chi connectivity index (χ0) is 23.4. The van der Waals surface area contributed by atoms with Crippen LogP contribution < -0.4 is 5.73 Å². The molecule has 0 spiro atoms. The molecule has 4 atom stereocenters. The van der Waals surface area contributed by atoms with Gasteiger partial charge in [0, 0.05) is 17.7 Å². The number of benzene rings is 1. The second kappa shape index (κ2) is 7.66. The maximum absolute atomic E-state index is 15.1. The number of thioether (sulfide) groups is 1. The Labute approximate surface area is 194 Å². The lowest BCUT2D eigenvalue weighted by molar-refractivity contribution is 0.236. The molecule has 2 N–H and O–H groups in total. The highest BCUT2D eigenvalue weighted by Crippen LogP contribution is 2.67. The van der Waals surface area contributed by atoms with Crippen LogP contribution in [0.5, 0.6) is 0 Å². The number of aliphatic imine (C=N–C) groups is 2. The number of hydrogen-bond acceptors (Lipinski definition) is 7. The summed E-state index contributed by atoms with van der Waals surface area (Å²) in [4.78, 5) is 13.2. The van der Waals surface area contributed by atoms with Crippen molar-refractivity contribution in [3.63, 3.8) is 0 Å². The van der Waals surface area contributed by atoms with Crippen LogP contribution in [0.2, 0.25) is 0 Å². The fourth-order valence-corrected chi connectivity index (χ4v) is 6.04. The number of nitriles is 1. The normalized spacial score (nSPS) is 30.6. The van der Waals surface area contributed by atoms with Crippen molar-refractivity contribution in [1.29, 1.82) is 5.26 Å². The van der Waals surface area contributed by atoms with Crippen molar-refractivity contribution in [1.82, 2.24) is 4.98 Å². The highest BCUT2D eigenvalue weighted by atomic mass is 32.2. The lowest BCUT2D eigenvalue weighted by Crippen LogP contribution is -2.40. The predicted molar refractivity (Wildman–Crippen MR) is 125 cm³/mol. The quantitative estimate of drug-likeness (QED) is 0.721. The number of nitrogens with zero attached hydrogens (tertiary/aromatic N) is 4. The molecule has 2 aliphatic heterocycles. The monoisotopic (exact) mass is 465 g/mol. The third-order valence-corrected chi connectivity index (χ3v) is 7.64. The maximum Gasteiger partial charge on any atom is 0.201 e. The summed E-state index contributed by atoms with van der Waals surface area (Å²) in [5.74, 6) is -0.417. The van der Waals surface area contributed by atoms with Crippen molar-refractivity contribution in [2.24, 2.45) is 21.6 Å². The summed E-state index contributed by atoms with van der Waals surface area (Å²) in [7, 11) is 0. The number of halogens is 2. The largest absolute Gasteiger partial charge is 0.475 e. The van der Waals surface area contributed by atoms with Gasteiger partial charge in [0.15, 0.2) is 5.17 Å². The van der Waals surface area contributed by atoms with Gasteiger partial charge in [-0.25, -0.2) is 8.78 Å². The van der Waals surface area contributed by atoms with Gasteiger partial charge >= 0.3 is 0 Å². The van der Waals surface area contributed by atoms with E-state index in [-0.39, 0.29) is 17.7 Å². The molecule has 3 heterocycles. The summed E-state index contributed by atoms with van der Waals surface area (Å²) in [5.41, 5.74) is 6.51. The molecule has 0 unspecified atom stereocenters. The molecule has 0 bridgehead atoms. The minimum atomic E-state index is -0.940. The lowest BCUT2D eigenvalue weighted by Gasteiger charge is -2.34. The Kier molecular flexibility index (Phi) is 5.01. The number of amidine groups is 1. The van der Waals surface area contributed by atoms with Crippen LogP contribution >= 0.6 is 11.8 Å². The van der Waals surface area contributed by atoms with Crippen LogP contribution in [0, 0.1) is 23.1 Å². The fourth-order valence-electron chi connectivity index (χ4n) is 4.61. The Morgan fingerprint density at radius 3 is 2.85 bits per heavy atom. The first-order chi connectivity index (χ1) is 15.7. The number of rotatable bonds is 4. The molecule has 0 radical (unpaired) electrons. The van der Waals surface area contributed by atoms with Gasteiger partial charge < -0.3 is 10.5 Å². The van der Waals surface area contributed by atoms with Gasteiger partial charge in [-0.3, -0.25) is 15.0 Å². The summed E-state index contributed by atoms with van der Waals surface area (Å²) in [6, 6.07) is 9.29. The van der Waals surface area contributed by atoms with Crippen molar-refractivity contribution < 1.29 is 13.5 Å². The molecular weight excluding hydrogens is 444 g/mol. The molecule has 5 rings (SSSR count). The van der Waals surface area contributed by atoms with Crippen LogP contribution in [-0.4, -0.2) is 33.4 Å². The highest BCUT2D eigenvalue weighted by molar-refractivity contribution is 8.15. The second-order valence-corrected chi connectivity index (χ2v) is 10.0. The molecule has 2 aromatic rings. The second-order valence-electron chi connectivity index (χ2n) is 8.70. The molecule has 0 saturated heterocycles. The molecule has 3 aliphatic rings. The Morgan fingerprint density at radius 1 is 1.36 bits per heavy atom. The summed E-state index contributed by atoms with van der Waals surface area (Å²) < 4.78 is 35.4. The molecule has 6 nitrogen and oxygen atoms in total. The summed E-state index contributed by atoms with van der Waals surface area (Å²) in [6.07, 6.45) is 3.31. The molecule has 33 heavy (non-hydrogen) atoms. The zero-order valence-corrected chi connectivity index (χ0v) is 18.9. The number of pyridine rings is 1. The zero-order valence-electron chi connectivity index (χ0n) is 18.0. The van der Waals surface area contributed by atoms with E-state index in [1.165, 1.54) is 48.3 Å². The van der Waals surface area contributed by atoms with Crippen LogP contribution in [0.4, 0.5) is 8.78 Å². The van der Waals surface area contributed by atoms with E-state index in [1.54, 1.807) is 6.07 Å². The van der Waals surface area contributed by atoms with Crippen LogP contribution in [-0.2, 0) is 10.3 Å². The van der Waals surface area contributed by atoms with Gasteiger partial charge in [0.2, 0.25) is 5.90 Å². The first-order valence-electron chi connectivity index (χ1n) is 10.5. The van der Waals surface area contributed by atoms with E-state index in [2.05, 4.69) is 15.0 Å². The third kappa shape index (κ3) is 3.59. The van der Waals surface area contributed by atoms with E-state index in [1.807, 2.05) is 19.9 Å². The van der Waals surface area contributed by atoms with Crippen LogP contribution in [0.15, 0.2) is 46.5 Å². The van der Waals surface area contributed by atoms with Crippen molar-refractivity contribution in [2.75, 3.05) is 6.54 Å². The topological polar surface area (TPSA) is 96.7 Å². The predicted octanol–water partition coefficient (Wildman–Crippen LogP) is 4.41. The van der Waals surface area contributed by atoms with E-state index in [4.69, 9.17) is 15.7 Å². The van der Waals surface area contributed by atoms with Crippen LogP contribution in [0.25, 0.3) is 11.9 Å². The van der Waals surface area contributed by atoms with Gasteiger partial charge in [0.05, 0.1) is 23.3 Å². The highest BCUT2D eigenvalue weighted by Gasteiger charge is 2.70. The minimum Gasteiger partial charge on any atom is -0.475 e. The maximum atomic E-state index is 15.1. The van der Waals surface area contributed by atoms with Crippen LogP contribution in [0.3, 0.4) is 0 Å². The molecule has 1 aromatic heterocycles. The van der Waals surface area contributed by atoms with E-state index in [9.17, 15) is 4.39 Å². The van der Waals surface area contributed by atoms with Crippen molar-refractivity contribution in [3.05, 3.63) is 64.7 Å². The standard InChI is InChI=1S/C24H21F2N5OS/c1-13-11-30-21(32-13)24-9-20(24)23(2,31-22(28)33-24)16-7-14(3-5-17(16)25)8-18(26)19-6-4-15(10-27)12-29-19/h3-8,12-13,20H,9,11H2,1-2H3,(H2,28,31)/b18-8-/t13-,20+,23-,24+/m1/s1. The van der Waals surface area contributed by atoms with Crippen molar-refractivity contribution in [3.8, 4) is 6.07 Å². The van der Waals surface area contributed by atoms with E-state index < -0.39 is 21.9 Å². The first-order valence-corrected chi connectivity index (χ1v) is 11.4. The van der Waals surface area contributed by atoms with Gasteiger partial charge in [-0.15, -0.1) is 0 Å². The summed E-state index contributed by atoms with van der Waals surface area (Å²) in [5, 5.41) is 9.23. The minimum absolute atomic E-state index is 0.00609. The summed E-state index contributed by atoms with van der Waals surface area (Å²) >= 11 is 1.43. The Hall–Kier alpha value is -3.25. The first kappa shape index (κ1) is 21.6. The Morgan fingerprint density at radius 2 is 2.18 bits per heavy atom. The molecule has 168 valence electrons. The van der Waals surface area contributed by atoms with Gasteiger partial charge in [-0.2, -0.15) is 5.26 Å².